The van der Waals surface area contributed by atoms with Crippen molar-refractivity contribution in [3.05, 3.63) is 108 Å². The molecule has 3 aromatic carbocycles. The Morgan fingerprint density at radius 2 is 2.03 bits per heavy atom. The molecular weight excluding hydrogens is 531 g/mol. The number of nitro groups is 1. The maximum absolute atomic E-state index is 13.4. The van der Waals surface area contributed by atoms with Crippen molar-refractivity contribution in [3.63, 3.8) is 0 Å². The van der Waals surface area contributed by atoms with Crippen molar-refractivity contribution in [3.8, 4) is 5.75 Å². The van der Waals surface area contributed by atoms with Gasteiger partial charge in [0.25, 0.3) is 5.56 Å². The fourth-order valence-electron chi connectivity index (χ4n) is 3.60. The number of nitro benzene ring substituents is 1. The van der Waals surface area contributed by atoms with Crippen LogP contribution in [0.25, 0.3) is 10.9 Å². The molecule has 8 nitrogen and oxygen atoms in total. The van der Waals surface area contributed by atoms with Gasteiger partial charge in [0.2, 0.25) is 0 Å². The number of aromatic nitrogens is 2. The van der Waals surface area contributed by atoms with E-state index in [9.17, 15) is 19.3 Å². The van der Waals surface area contributed by atoms with Crippen molar-refractivity contribution in [2.75, 3.05) is 0 Å². The number of unbranched alkanes of at least 4 members (excludes halogenated alkanes) is 1. The Kier molecular flexibility index (Phi) is 7.84. The molecule has 0 N–H and O–H groups in total. The van der Waals surface area contributed by atoms with Gasteiger partial charge in [0, 0.05) is 22.5 Å². The highest BCUT2D eigenvalue weighted by Gasteiger charge is 2.16. The van der Waals surface area contributed by atoms with Crippen molar-refractivity contribution < 1.29 is 14.1 Å². The lowest BCUT2D eigenvalue weighted by Crippen LogP contribution is -2.22. The molecule has 0 aliphatic carbocycles. The highest BCUT2D eigenvalue weighted by molar-refractivity contribution is 9.10. The van der Waals surface area contributed by atoms with Crippen LogP contribution in [-0.2, 0) is 13.0 Å². The molecule has 0 bridgehead atoms. The van der Waals surface area contributed by atoms with E-state index < -0.39 is 10.7 Å². The van der Waals surface area contributed by atoms with Crippen LogP contribution >= 0.6 is 15.9 Å². The fraction of sp³-hybridized carbons (Fsp3) is 0.192. The number of hydrogen-bond donors (Lipinski definition) is 0. The van der Waals surface area contributed by atoms with Gasteiger partial charge in [0.1, 0.15) is 18.2 Å². The molecule has 0 saturated heterocycles. The van der Waals surface area contributed by atoms with E-state index in [4.69, 9.17) is 4.74 Å². The first-order valence-electron chi connectivity index (χ1n) is 11.3. The van der Waals surface area contributed by atoms with Crippen LogP contribution in [-0.4, -0.2) is 20.8 Å². The van der Waals surface area contributed by atoms with Crippen molar-refractivity contribution in [1.29, 1.82) is 0 Å². The fourth-order valence-corrected chi connectivity index (χ4v) is 3.96. The Morgan fingerprint density at radius 3 is 2.78 bits per heavy atom. The first-order valence-corrected chi connectivity index (χ1v) is 12.1. The number of nitrogens with zero attached hydrogens (tertiary/aromatic N) is 4. The van der Waals surface area contributed by atoms with E-state index in [1.165, 1.54) is 35.2 Å². The number of benzene rings is 3. The van der Waals surface area contributed by atoms with E-state index >= 15 is 0 Å². The monoisotopic (exact) mass is 552 g/mol. The maximum Gasteiger partial charge on any atom is 0.311 e. The van der Waals surface area contributed by atoms with Crippen LogP contribution in [0.3, 0.4) is 0 Å². The highest BCUT2D eigenvalue weighted by Crippen LogP contribution is 2.28. The van der Waals surface area contributed by atoms with Gasteiger partial charge in [-0.15, -0.1) is 0 Å². The van der Waals surface area contributed by atoms with Crippen molar-refractivity contribution >= 4 is 38.7 Å². The average Bonchev–Trinajstić information content (AvgIpc) is 2.86. The molecule has 0 aliphatic rings. The third-order valence-corrected chi connectivity index (χ3v) is 5.91. The average molecular weight is 553 g/mol. The van der Waals surface area contributed by atoms with Crippen LogP contribution < -0.4 is 10.3 Å². The van der Waals surface area contributed by atoms with E-state index in [1.807, 2.05) is 13.0 Å². The van der Waals surface area contributed by atoms with E-state index in [0.717, 1.165) is 17.3 Å². The van der Waals surface area contributed by atoms with Gasteiger partial charge in [0.15, 0.2) is 5.75 Å². The lowest BCUT2D eigenvalue weighted by molar-refractivity contribution is -0.385. The van der Waals surface area contributed by atoms with Crippen molar-refractivity contribution in [2.24, 2.45) is 5.10 Å². The zero-order chi connectivity index (χ0) is 25.7. The molecule has 0 spiro atoms. The summed E-state index contributed by atoms with van der Waals surface area (Å²) in [5.41, 5.74) is 0.936. The van der Waals surface area contributed by atoms with E-state index in [1.54, 1.807) is 30.3 Å². The molecule has 1 aromatic heterocycles. The molecule has 0 radical (unpaired) electrons. The van der Waals surface area contributed by atoms with Gasteiger partial charge < -0.3 is 4.74 Å². The molecule has 4 aromatic rings. The van der Waals surface area contributed by atoms with Gasteiger partial charge in [-0.2, -0.15) is 9.78 Å². The van der Waals surface area contributed by atoms with E-state index in [0.29, 0.717) is 34.3 Å². The normalized spacial score (nSPS) is 11.3. The van der Waals surface area contributed by atoms with Crippen LogP contribution in [0.15, 0.2) is 75.0 Å². The predicted octanol–water partition coefficient (Wildman–Crippen LogP) is 6.01. The minimum Gasteiger partial charge on any atom is -0.482 e. The minimum absolute atomic E-state index is 0.0272. The zero-order valence-corrected chi connectivity index (χ0v) is 20.9. The quantitative estimate of drug-likeness (QED) is 0.144. The molecule has 0 amide bonds. The summed E-state index contributed by atoms with van der Waals surface area (Å²) in [6.07, 6.45) is 3.68. The van der Waals surface area contributed by atoms with Crippen LogP contribution in [0.4, 0.5) is 10.1 Å². The van der Waals surface area contributed by atoms with E-state index in [-0.39, 0.29) is 23.6 Å². The highest BCUT2D eigenvalue weighted by atomic mass is 79.9. The molecule has 0 unspecified atom stereocenters. The lowest BCUT2D eigenvalue weighted by atomic mass is 10.2. The molecular formula is C26H22BrFN4O4. The van der Waals surface area contributed by atoms with Gasteiger partial charge >= 0.3 is 5.69 Å². The van der Waals surface area contributed by atoms with Gasteiger partial charge in [-0.25, -0.2) is 9.37 Å². The second-order valence-corrected chi connectivity index (χ2v) is 8.97. The summed E-state index contributed by atoms with van der Waals surface area (Å²) in [6.45, 7) is 2.02. The molecule has 0 fully saturated rings. The molecule has 0 atom stereocenters. The third-order valence-electron chi connectivity index (χ3n) is 5.41. The molecule has 184 valence electrons. The van der Waals surface area contributed by atoms with Crippen LogP contribution in [0.5, 0.6) is 5.75 Å². The first-order chi connectivity index (χ1) is 17.4. The summed E-state index contributed by atoms with van der Waals surface area (Å²) in [5.74, 6) is 0.137. The summed E-state index contributed by atoms with van der Waals surface area (Å²) < 4.78 is 21.0. The Labute approximate surface area is 214 Å². The third kappa shape index (κ3) is 5.83. The Morgan fingerprint density at radius 1 is 1.19 bits per heavy atom. The minimum atomic E-state index is -0.563. The smallest absolute Gasteiger partial charge is 0.311 e. The first kappa shape index (κ1) is 25.2. The number of halogens is 2. The number of ether oxygens (including phenoxy) is 1. The second kappa shape index (κ2) is 11.2. The van der Waals surface area contributed by atoms with Crippen molar-refractivity contribution in [2.45, 2.75) is 32.8 Å². The number of hydrogen-bond acceptors (Lipinski definition) is 6. The number of rotatable bonds is 9. The second-order valence-electron chi connectivity index (χ2n) is 8.06. The lowest BCUT2D eigenvalue weighted by Gasteiger charge is -2.09. The summed E-state index contributed by atoms with van der Waals surface area (Å²) in [5, 5.41) is 16.4. The number of aryl methyl sites for hydroxylation is 1. The number of fused-ring (bicyclic) bond motifs is 1. The van der Waals surface area contributed by atoms with Gasteiger partial charge in [-0.1, -0.05) is 41.4 Å². The summed E-state index contributed by atoms with van der Waals surface area (Å²) in [7, 11) is 0. The van der Waals surface area contributed by atoms with Gasteiger partial charge in [-0.05, 0) is 54.4 Å². The molecule has 0 aliphatic heterocycles. The Balaban J connectivity index is 1.66. The summed E-state index contributed by atoms with van der Waals surface area (Å²) in [6, 6.07) is 15.5. The Bertz CT molecular complexity index is 1520. The molecule has 4 rings (SSSR count). The largest absolute Gasteiger partial charge is 0.482 e. The molecule has 10 heteroatoms. The SMILES string of the molecule is CCCCc1nc2ccc(Br)cc2c(=O)n1N=Cc1ccc(OCc2cccc(F)c2)c([N+](=O)[O-])c1. The predicted molar refractivity (Wildman–Crippen MR) is 139 cm³/mol. The van der Waals surface area contributed by atoms with Crippen LogP contribution in [0.2, 0.25) is 0 Å². The Hall–Kier alpha value is -3.92. The van der Waals surface area contributed by atoms with Gasteiger partial charge in [-0.3, -0.25) is 14.9 Å². The van der Waals surface area contributed by atoms with E-state index in [2.05, 4.69) is 26.0 Å². The topological polar surface area (TPSA) is 99.6 Å². The standard InChI is InChI=1S/C26H22BrFN4O4/c1-2-3-7-25-30-22-10-9-19(27)14-21(22)26(33)31(25)29-15-17-8-11-24(23(13-17)32(34)35)36-16-18-5-4-6-20(28)12-18/h4-6,8-15H,2-3,7,16H2,1H3. The van der Waals surface area contributed by atoms with Gasteiger partial charge in [0.05, 0.1) is 22.0 Å². The maximum atomic E-state index is 13.4. The van der Waals surface area contributed by atoms with Crippen LogP contribution in [0.1, 0.15) is 36.7 Å². The molecule has 0 saturated carbocycles. The zero-order valence-electron chi connectivity index (χ0n) is 19.4. The molecule has 36 heavy (non-hydrogen) atoms. The van der Waals surface area contributed by atoms with Crippen molar-refractivity contribution in [1.82, 2.24) is 9.66 Å². The summed E-state index contributed by atoms with van der Waals surface area (Å²) >= 11 is 3.38. The van der Waals surface area contributed by atoms with Crippen LogP contribution in [0, 0.1) is 15.9 Å². The summed E-state index contributed by atoms with van der Waals surface area (Å²) in [4.78, 5) is 28.9. The molecule has 1 heterocycles.